The van der Waals surface area contributed by atoms with Gasteiger partial charge in [-0.2, -0.15) is 0 Å². The van der Waals surface area contributed by atoms with Crippen molar-refractivity contribution in [1.82, 2.24) is 0 Å². The monoisotopic (exact) mass is 307 g/mol. The van der Waals surface area contributed by atoms with Crippen molar-refractivity contribution >= 4 is 21.6 Å². The minimum Gasteiger partial charge on any atom is -0.396 e. The molecule has 0 aliphatic heterocycles. The van der Waals surface area contributed by atoms with Crippen LogP contribution in [0.4, 0.5) is 14.5 Å². The van der Waals surface area contributed by atoms with E-state index in [9.17, 15) is 13.9 Å². The number of aliphatic hydroxyl groups is 1. The van der Waals surface area contributed by atoms with Gasteiger partial charge in [-0.3, -0.25) is 0 Å². The van der Waals surface area contributed by atoms with Gasteiger partial charge in [0.15, 0.2) is 0 Å². The highest BCUT2D eigenvalue weighted by molar-refractivity contribution is 9.10. The molecule has 1 atom stereocenters. The molecule has 0 heterocycles. The first-order valence-electron chi connectivity index (χ1n) is 5.41. The molecule has 5 heteroatoms. The predicted molar refractivity (Wildman–Crippen MR) is 68.0 cm³/mol. The van der Waals surface area contributed by atoms with Crippen molar-refractivity contribution in [2.75, 3.05) is 18.5 Å². The summed E-state index contributed by atoms with van der Waals surface area (Å²) in [5.41, 5.74) is -0.0974. The molecule has 0 aliphatic carbocycles. The fourth-order valence-electron chi connectivity index (χ4n) is 1.31. The highest BCUT2D eigenvalue weighted by Crippen LogP contribution is 2.29. The normalized spacial score (nSPS) is 14.5. The summed E-state index contributed by atoms with van der Waals surface area (Å²) < 4.78 is 26.7. The largest absolute Gasteiger partial charge is 0.396 e. The van der Waals surface area contributed by atoms with Crippen LogP contribution in [0.5, 0.6) is 0 Å². The lowest BCUT2D eigenvalue weighted by Crippen LogP contribution is -2.30. The van der Waals surface area contributed by atoms with Crippen LogP contribution in [0, 0.1) is 17.0 Å². The quantitative estimate of drug-likeness (QED) is 0.872. The Labute approximate surface area is 108 Å². The SMILES string of the molecule is CCC(C)(CO)CNc1c(F)cc(F)cc1Br. The van der Waals surface area contributed by atoms with Crippen LogP contribution in [0.3, 0.4) is 0 Å². The van der Waals surface area contributed by atoms with Gasteiger partial charge in [-0.25, -0.2) is 8.78 Å². The molecule has 0 aromatic heterocycles. The van der Waals surface area contributed by atoms with Crippen molar-refractivity contribution in [2.24, 2.45) is 5.41 Å². The molecule has 96 valence electrons. The summed E-state index contributed by atoms with van der Waals surface area (Å²) in [5.74, 6) is -1.27. The maximum Gasteiger partial charge on any atom is 0.150 e. The van der Waals surface area contributed by atoms with E-state index >= 15 is 0 Å². The second-order valence-electron chi connectivity index (χ2n) is 4.42. The van der Waals surface area contributed by atoms with E-state index in [2.05, 4.69) is 21.2 Å². The Bertz CT molecular complexity index is 371. The minimum atomic E-state index is -0.645. The second-order valence-corrected chi connectivity index (χ2v) is 5.27. The molecular weight excluding hydrogens is 292 g/mol. The zero-order valence-electron chi connectivity index (χ0n) is 9.86. The Morgan fingerprint density at radius 2 is 2.06 bits per heavy atom. The van der Waals surface area contributed by atoms with Crippen LogP contribution in [0.15, 0.2) is 16.6 Å². The molecule has 0 aliphatic rings. The van der Waals surface area contributed by atoms with E-state index in [1.165, 1.54) is 6.07 Å². The average molecular weight is 308 g/mol. The zero-order chi connectivity index (χ0) is 13.1. The molecule has 0 bridgehead atoms. The fraction of sp³-hybridized carbons (Fsp3) is 0.500. The van der Waals surface area contributed by atoms with Crippen molar-refractivity contribution in [2.45, 2.75) is 20.3 Å². The molecule has 0 radical (unpaired) electrons. The smallest absolute Gasteiger partial charge is 0.150 e. The van der Waals surface area contributed by atoms with Crippen molar-refractivity contribution < 1.29 is 13.9 Å². The number of aliphatic hydroxyl groups excluding tert-OH is 1. The molecule has 17 heavy (non-hydrogen) atoms. The van der Waals surface area contributed by atoms with E-state index in [-0.39, 0.29) is 17.7 Å². The number of halogens is 3. The number of benzene rings is 1. The maximum absolute atomic E-state index is 13.5. The molecule has 0 amide bonds. The molecule has 1 rings (SSSR count). The summed E-state index contributed by atoms with van der Waals surface area (Å²) in [6.45, 7) is 4.28. The van der Waals surface area contributed by atoms with Gasteiger partial charge in [-0.05, 0) is 28.4 Å². The summed E-state index contributed by atoms with van der Waals surface area (Å²) in [7, 11) is 0. The molecular formula is C12H16BrF2NO. The van der Waals surface area contributed by atoms with Crippen LogP contribution in [0.25, 0.3) is 0 Å². The van der Waals surface area contributed by atoms with Crippen LogP contribution in [-0.4, -0.2) is 18.3 Å². The summed E-state index contributed by atoms with van der Waals surface area (Å²) in [6.07, 6.45) is 0.761. The molecule has 0 fully saturated rings. The van der Waals surface area contributed by atoms with E-state index in [4.69, 9.17) is 0 Å². The van der Waals surface area contributed by atoms with Crippen molar-refractivity contribution in [3.05, 3.63) is 28.2 Å². The lowest BCUT2D eigenvalue weighted by Gasteiger charge is -2.26. The first-order chi connectivity index (χ1) is 7.91. The molecule has 2 N–H and O–H groups in total. The molecule has 1 aromatic carbocycles. The lowest BCUT2D eigenvalue weighted by molar-refractivity contribution is 0.149. The third kappa shape index (κ3) is 3.64. The lowest BCUT2D eigenvalue weighted by atomic mass is 9.88. The van der Waals surface area contributed by atoms with Gasteiger partial charge in [0.1, 0.15) is 11.6 Å². The van der Waals surface area contributed by atoms with Crippen molar-refractivity contribution in [3.63, 3.8) is 0 Å². The van der Waals surface area contributed by atoms with E-state index in [0.717, 1.165) is 12.5 Å². The number of hydrogen-bond acceptors (Lipinski definition) is 2. The number of nitrogens with one attached hydrogen (secondary N) is 1. The van der Waals surface area contributed by atoms with Gasteiger partial charge in [0.05, 0.1) is 12.3 Å². The molecule has 0 spiro atoms. The van der Waals surface area contributed by atoms with E-state index in [1.807, 2.05) is 13.8 Å². The topological polar surface area (TPSA) is 32.3 Å². The van der Waals surface area contributed by atoms with Crippen molar-refractivity contribution in [3.8, 4) is 0 Å². The summed E-state index contributed by atoms with van der Waals surface area (Å²) in [4.78, 5) is 0. The predicted octanol–water partition coefficient (Wildman–Crippen LogP) is 3.55. The van der Waals surface area contributed by atoms with E-state index in [0.29, 0.717) is 11.0 Å². The number of rotatable bonds is 5. The zero-order valence-corrected chi connectivity index (χ0v) is 11.4. The third-order valence-electron chi connectivity index (χ3n) is 2.93. The first-order valence-corrected chi connectivity index (χ1v) is 6.20. The van der Waals surface area contributed by atoms with Crippen LogP contribution >= 0.6 is 15.9 Å². The van der Waals surface area contributed by atoms with Gasteiger partial charge < -0.3 is 10.4 Å². The third-order valence-corrected chi connectivity index (χ3v) is 3.56. The molecule has 1 aromatic rings. The minimum absolute atomic E-state index is 0.0108. The summed E-state index contributed by atoms with van der Waals surface area (Å²) in [6, 6.07) is 2.03. The highest BCUT2D eigenvalue weighted by atomic mass is 79.9. The maximum atomic E-state index is 13.5. The standard InChI is InChI=1S/C12H16BrF2NO/c1-3-12(2,7-17)6-16-11-9(13)4-8(14)5-10(11)15/h4-5,16-17H,3,6-7H2,1-2H3. The van der Waals surface area contributed by atoms with Crippen LogP contribution in [-0.2, 0) is 0 Å². The first kappa shape index (κ1) is 14.4. The van der Waals surface area contributed by atoms with Gasteiger partial charge in [0.2, 0.25) is 0 Å². The van der Waals surface area contributed by atoms with Gasteiger partial charge in [-0.1, -0.05) is 13.8 Å². The van der Waals surface area contributed by atoms with Crippen molar-refractivity contribution in [1.29, 1.82) is 0 Å². The van der Waals surface area contributed by atoms with Crippen LogP contribution in [0.1, 0.15) is 20.3 Å². The Morgan fingerprint density at radius 1 is 1.41 bits per heavy atom. The number of hydrogen-bond donors (Lipinski definition) is 2. The Morgan fingerprint density at radius 3 is 2.53 bits per heavy atom. The molecule has 2 nitrogen and oxygen atoms in total. The molecule has 0 saturated heterocycles. The average Bonchev–Trinajstić information content (AvgIpc) is 2.27. The van der Waals surface area contributed by atoms with Gasteiger partial charge >= 0.3 is 0 Å². The summed E-state index contributed by atoms with van der Waals surface area (Å²) >= 11 is 3.10. The fourth-order valence-corrected chi connectivity index (χ4v) is 1.85. The van der Waals surface area contributed by atoms with Gasteiger partial charge in [0.25, 0.3) is 0 Å². The van der Waals surface area contributed by atoms with E-state index < -0.39 is 11.6 Å². The summed E-state index contributed by atoms with van der Waals surface area (Å²) in [5, 5.41) is 12.1. The molecule has 0 saturated carbocycles. The van der Waals surface area contributed by atoms with Gasteiger partial charge in [-0.15, -0.1) is 0 Å². The van der Waals surface area contributed by atoms with Crippen LogP contribution < -0.4 is 5.32 Å². The number of anilines is 1. The Kier molecular flexibility index (Phi) is 4.89. The second kappa shape index (κ2) is 5.78. The van der Waals surface area contributed by atoms with E-state index in [1.54, 1.807) is 0 Å². The van der Waals surface area contributed by atoms with Gasteiger partial charge in [0, 0.05) is 22.5 Å². The highest BCUT2D eigenvalue weighted by Gasteiger charge is 2.21. The Balaban J connectivity index is 2.83. The Hall–Kier alpha value is -0.680. The van der Waals surface area contributed by atoms with Crippen LogP contribution in [0.2, 0.25) is 0 Å². The molecule has 1 unspecified atom stereocenters.